The van der Waals surface area contributed by atoms with Crippen molar-refractivity contribution in [2.24, 2.45) is 0 Å². The van der Waals surface area contributed by atoms with Crippen LogP contribution < -0.4 is 0 Å². The standard InChI is InChI=1S/C45H28N4.C43H22N4O.C42H22N4/c1-45(2)31-17-8-5-15-28(31)42-40-32(45)18-11-19-33(40)46-44(47-42)49-35-21-10-7-16-29(35)39-37(49)24-30-27-14-6-9-20-34(27)48-36-23-22-25-12-3-4-13-26(25)38(36)41(39)43(30)48;48-42-27-14-4-3-13-26(27)40-36-29(42)16-9-17-31(36)44-43(45-40)47-33-19-8-6-15-28(33)38-35(47)22-30-25-12-5-7-18-32(25)46-34-21-20-23-10-1-2-11-24(23)37(34)39(38)41(30)46;1-2-11-24-23(10-1)20-21-34-37(24)39-38-29-15-6-8-19-33(29)46(35(38)22-30-26-13-5-7-18-32(26)45(34)41(30)39)42-43-31-17-9-16-27-25-12-3-4-14-28(25)40(44-42)36(27)31/h3-24H,1-2H3;1-22H;1-22H. The van der Waals surface area contributed by atoms with E-state index in [1.54, 1.807) is 0 Å². The summed E-state index contributed by atoms with van der Waals surface area (Å²) >= 11 is 0. The fourth-order valence-electron chi connectivity index (χ4n) is 26.6. The average molecular weight is 1820 g/mol. The monoisotopic (exact) mass is 1820 g/mol. The lowest BCUT2D eigenvalue weighted by Crippen LogP contribution is -2.24. The van der Waals surface area contributed by atoms with E-state index in [0.29, 0.717) is 29.0 Å². The average Bonchev–Trinajstić information content (AvgIpc) is 1.52. The molecule has 0 fully saturated rings. The van der Waals surface area contributed by atoms with Gasteiger partial charge in [-0.15, -0.1) is 0 Å². The predicted molar refractivity (Wildman–Crippen MR) is 589 cm³/mol. The first kappa shape index (κ1) is 76.0. The Morgan fingerprint density at radius 3 is 0.909 bits per heavy atom. The number of benzene rings is 21. The normalized spacial score (nSPS) is 13.3. The second-order valence-corrected chi connectivity index (χ2v) is 39.6. The van der Waals surface area contributed by atoms with Crippen molar-refractivity contribution in [2.75, 3.05) is 0 Å². The molecule has 0 saturated carbocycles. The van der Waals surface area contributed by atoms with Crippen LogP contribution in [0.15, 0.2) is 400 Å². The lowest BCUT2D eigenvalue weighted by Gasteiger charge is -2.34. The van der Waals surface area contributed by atoms with Crippen molar-refractivity contribution < 1.29 is 4.79 Å². The van der Waals surface area contributed by atoms with Crippen LogP contribution in [0.4, 0.5) is 0 Å². The number of aromatic nitrogens is 12. The summed E-state index contributed by atoms with van der Waals surface area (Å²) in [7, 11) is 0. The van der Waals surface area contributed by atoms with Crippen LogP contribution in [0.2, 0.25) is 0 Å². The number of para-hydroxylation sites is 6. The van der Waals surface area contributed by atoms with Gasteiger partial charge in [0.2, 0.25) is 17.8 Å². The zero-order valence-electron chi connectivity index (χ0n) is 76.9. The van der Waals surface area contributed by atoms with E-state index in [4.69, 9.17) is 29.9 Å². The van der Waals surface area contributed by atoms with E-state index in [2.05, 4.69) is 399 Å². The third-order valence-corrected chi connectivity index (χ3v) is 32.4. The topological polar surface area (TPSA) is 122 Å². The highest BCUT2D eigenvalue weighted by molar-refractivity contribution is 6.43. The molecule has 0 radical (unpaired) electrons. The Kier molecular flexibility index (Phi) is 14.4. The highest BCUT2D eigenvalue weighted by Gasteiger charge is 2.38. The quantitative estimate of drug-likeness (QED) is 0.173. The third-order valence-electron chi connectivity index (χ3n) is 32.4. The van der Waals surface area contributed by atoms with E-state index in [0.717, 1.165) is 93.8 Å². The Labute approximate surface area is 811 Å². The van der Waals surface area contributed by atoms with Gasteiger partial charge in [0, 0.05) is 146 Å². The van der Waals surface area contributed by atoms with Crippen LogP contribution in [0.3, 0.4) is 0 Å². The summed E-state index contributed by atoms with van der Waals surface area (Å²) in [6, 6.07) is 144. The first-order valence-corrected chi connectivity index (χ1v) is 49.0. The minimum atomic E-state index is -0.152. The van der Waals surface area contributed by atoms with Gasteiger partial charge in [0.15, 0.2) is 5.78 Å². The van der Waals surface area contributed by atoms with Crippen molar-refractivity contribution in [3.63, 3.8) is 0 Å². The largest absolute Gasteiger partial charge is 0.308 e. The number of fused-ring (bicyclic) bond motifs is 43. The van der Waals surface area contributed by atoms with E-state index in [1.807, 2.05) is 42.5 Å². The molecular weight excluding hydrogens is 1750 g/mol. The molecule has 33 aromatic rings. The number of carbonyl (C=O) groups is 1. The Balaban J connectivity index is 0.0000000929. The summed E-state index contributed by atoms with van der Waals surface area (Å²) in [5.41, 5.74) is 32.6. The van der Waals surface area contributed by atoms with E-state index < -0.39 is 0 Å². The number of carbonyl (C=O) groups excluding carboxylic acids is 1. The van der Waals surface area contributed by atoms with Gasteiger partial charge in [0.05, 0.1) is 116 Å². The van der Waals surface area contributed by atoms with Gasteiger partial charge >= 0.3 is 0 Å². The van der Waals surface area contributed by atoms with Crippen molar-refractivity contribution in [2.45, 2.75) is 19.3 Å². The van der Waals surface area contributed by atoms with Crippen LogP contribution in [0.1, 0.15) is 40.9 Å². The minimum Gasteiger partial charge on any atom is -0.308 e. The summed E-state index contributed by atoms with van der Waals surface area (Å²) in [5, 5.41) is 33.0. The maximum absolute atomic E-state index is 13.6. The lowest BCUT2D eigenvalue weighted by atomic mass is 9.70. The smallest absolute Gasteiger partial charge is 0.235 e. The zero-order chi connectivity index (χ0) is 93.1. The molecule has 143 heavy (non-hydrogen) atoms. The molecule has 3 aliphatic carbocycles. The summed E-state index contributed by atoms with van der Waals surface area (Å²) in [6.45, 7) is 4.63. The SMILES string of the molecule is CC1(C)c2ccccc2-c2nc(-n3c4ccccc4c4c5c6c7ccccc7ccc6n6c7ccccc7c(cc43)c56)nc3cccc1c23.O=C1c2ccccc2-c2nc(-n3c4ccccc4c4c5c6c7ccccc7ccc6n6c7ccccc7c(cc43)c56)nc3cccc1c23.c1ccc2c(c1)-c1cccc3nc(-n4c5ccccc5c5c6c7c8ccccc8ccc7n7c8ccccc8c(cc54)c67)nc-2c13. The van der Waals surface area contributed by atoms with Crippen LogP contribution in [-0.2, 0) is 5.41 Å². The van der Waals surface area contributed by atoms with Gasteiger partial charge in [0.25, 0.3) is 0 Å². The van der Waals surface area contributed by atoms with Crippen LogP contribution in [-0.4, -0.2) is 62.6 Å². The Morgan fingerprint density at radius 1 is 0.189 bits per heavy atom. The predicted octanol–water partition coefficient (Wildman–Crippen LogP) is 32.3. The third kappa shape index (κ3) is 9.54. The lowest BCUT2D eigenvalue weighted by molar-refractivity contribution is 0.104. The maximum atomic E-state index is 13.6. The molecule has 12 aromatic heterocycles. The molecule has 0 spiro atoms. The highest BCUT2D eigenvalue weighted by atomic mass is 16.1. The first-order chi connectivity index (χ1) is 70.7. The molecule has 12 heterocycles. The molecule has 0 N–H and O–H groups in total. The van der Waals surface area contributed by atoms with Gasteiger partial charge in [-0.05, 0) is 146 Å². The first-order valence-electron chi connectivity index (χ1n) is 49.0. The number of hydrogen-bond donors (Lipinski definition) is 0. The number of ketones is 1. The fourth-order valence-corrected chi connectivity index (χ4v) is 26.6. The van der Waals surface area contributed by atoms with Crippen LogP contribution >= 0.6 is 0 Å². The molecule has 36 rings (SSSR count). The number of nitrogens with zero attached hydrogens (tertiary/aromatic N) is 12. The van der Waals surface area contributed by atoms with Crippen molar-refractivity contribution in [1.82, 2.24) is 56.8 Å². The zero-order valence-corrected chi connectivity index (χ0v) is 76.9. The molecule has 658 valence electrons. The summed E-state index contributed by atoms with van der Waals surface area (Å²) < 4.78 is 14.3. The molecule has 0 amide bonds. The van der Waals surface area contributed by atoms with Crippen molar-refractivity contribution in [3.8, 4) is 62.7 Å². The van der Waals surface area contributed by atoms with Gasteiger partial charge in [-0.3, -0.25) is 18.5 Å². The molecule has 3 aliphatic rings. The molecule has 0 bridgehead atoms. The van der Waals surface area contributed by atoms with Gasteiger partial charge in [-0.2, -0.15) is 0 Å². The minimum absolute atomic E-state index is 0.0182. The molecule has 0 aliphatic heterocycles. The van der Waals surface area contributed by atoms with Crippen molar-refractivity contribution >= 4 is 251 Å². The van der Waals surface area contributed by atoms with E-state index in [-0.39, 0.29) is 11.2 Å². The van der Waals surface area contributed by atoms with Crippen molar-refractivity contribution in [1.29, 1.82) is 0 Å². The maximum Gasteiger partial charge on any atom is 0.235 e. The second-order valence-electron chi connectivity index (χ2n) is 39.6. The summed E-state index contributed by atoms with van der Waals surface area (Å²) in [5.74, 6) is 2.02. The van der Waals surface area contributed by atoms with Crippen LogP contribution in [0, 0.1) is 0 Å². The number of rotatable bonds is 3. The summed E-state index contributed by atoms with van der Waals surface area (Å²) in [6.07, 6.45) is 0. The highest BCUT2D eigenvalue weighted by Crippen LogP contribution is 2.57. The summed E-state index contributed by atoms with van der Waals surface area (Å²) in [4.78, 5) is 45.7. The molecule has 13 heteroatoms. The number of hydrogen-bond acceptors (Lipinski definition) is 7. The van der Waals surface area contributed by atoms with E-state index >= 15 is 0 Å². The van der Waals surface area contributed by atoms with Gasteiger partial charge in [0.1, 0.15) is 0 Å². The molecule has 0 saturated heterocycles. The molecular formula is C130H72N12O. The van der Waals surface area contributed by atoms with Crippen molar-refractivity contribution in [3.05, 3.63) is 423 Å². The van der Waals surface area contributed by atoms with Crippen LogP contribution in [0.25, 0.3) is 307 Å². The Morgan fingerprint density at radius 2 is 0.483 bits per heavy atom. The fraction of sp³-hybridized carbons (Fsp3) is 0.0231. The van der Waals surface area contributed by atoms with Gasteiger partial charge in [-0.25, -0.2) is 29.9 Å². The second kappa shape index (κ2) is 27.0. The van der Waals surface area contributed by atoms with Gasteiger partial charge < -0.3 is 13.2 Å². The van der Waals surface area contributed by atoms with E-state index in [1.165, 1.54) is 207 Å². The molecule has 21 aromatic carbocycles. The molecule has 0 atom stereocenters. The molecule has 13 nitrogen and oxygen atoms in total. The molecule has 0 unspecified atom stereocenters. The van der Waals surface area contributed by atoms with Crippen LogP contribution in [0.5, 0.6) is 0 Å². The van der Waals surface area contributed by atoms with E-state index in [9.17, 15) is 4.79 Å². The Bertz CT molecular complexity index is 11700. The van der Waals surface area contributed by atoms with Gasteiger partial charge in [-0.1, -0.05) is 323 Å². The Hall–Kier alpha value is -19.1.